The number of anilines is 1. The highest BCUT2D eigenvalue weighted by molar-refractivity contribution is 6.33. The highest BCUT2D eigenvalue weighted by atomic mass is 35.5. The molecule has 34 heavy (non-hydrogen) atoms. The van der Waals surface area contributed by atoms with Crippen molar-refractivity contribution in [3.8, 4) is 5.75 Å². The lowest BCUT2D eigenvalue weighted by atomic mass is 9.98. The number of halogens is 1. The second-order valence-corrected chi connectivity index (χ2v) is 8.89. The number of hydrogen-bond donors (Lipinski definition) is 1. The average molecular weight is 474 g/mol. The third-order valence-electron chi connectivity index (χ3n) is 6.34. The number of aromatic nitrogens is 1. The van der Waals surface area contributed by atoms with Gasteiger partial charge in [-0.15, -0.1) is 0 Å². The summed E-state index contributed by atoms with van der Waals surface area (Å²) in [5, 5.41) is 4.31. The van der Waals surface area contributed by atoms with E-state index in [1.165, 1.54) is 0 Å². The number of para-hydroxylation sites is 1. The number of nitrogens with one attached hydrogen (secondary N) is 1. The molecule has 7 heteroatoms. The molecule has 0 saturated heterocycles. The van der Waals surface area contributed by atoms with Crippen LogP contribution in [0.1, 0.15) is 33.2 Å². The Morgan fingerprint density at radius 2 is 1.82 bits per heavy atom. The van der Waals surface area contributed by atoms with Gasteiger partial charge < -0.3 is 19.5 Å². The van der Waals surface area contributed by atoms with E-state index < -0.39 is 6.04 Å². The molecule has 1 atom stereocenters. The first-order valence-corrected chi connectivity index (χ1v) is 11.3. The third kappa shape index (κ3) is 3.60. The zero-order valence-corrected chi connectivity index (χ0v) is 19.9. The van der Waals surface area contributed by atoms with Crippen molar-refractivity contribution in [2.24, 2.45) is 7.05 Å². The quantitative estimate of drug-likeness (QED) is 0.426. The summed E-state index contributed by atoms with van der Waals surface area (Å²) in [6.45, 7) is 1.82. The first-order chi connectivity index (χ1) is 16.4. The minimum absolute atomic E-state index is 0.108. The van der Waals surface area contributed by atoms with Gasteiger partial charge in [0.2, 0.25) is 5.91 Å². The van der Waals surface area contributed by atoms with Crippen molar-refractivity contribution in [3.05, 3.63) is 94.1 Å². The van der Waals surface area contributed by atoms with Gasteiger partial charge in [-0.2, -0.15) is 0 Å². The monoisotopic (exact) mass is 473 g/mol. The molecule has 2 heterocycles. The fraction of sp³-hybridized carbons (Fsp3) is 0.185. The first kappa shape index (κ1) is 22.0. The molecule has 0 fully saturated rings. The van der Waals surface area contributed by atoms with Crippen LogP contribution in [0.4, 0.5) is 5.69 Å². The van der Waals surface area contributed by atoms with E-state index in [-0.39, 0.29) is 18.4 Å². The maximum atomic E-state index is 13.7. The number of hydrogen-bond acceptors (Lipinski definition) is 3. The van der Waals surface area contributed by atoms with Crippen LogP contribution in [-0.4, -0.2) is 34.9 Å². The molecule has 0 radical (unpaired) electrons. The molecule has 0 spiro atoms. The zero-order chi connectivity index (χ0) is 24.0. The van der Waals surface area contributed by atoms with Gasteiger partial charge >= 0.3 is 0 Å². The number of fused-ring (bicyclic) bond motifs is 3. The summed E-state index contributed by atoms with van der Waals surface area (Å²) in [7, 11) is 3.50. The molecule has 5 rings (SSSR count). The summed E-state index contributed by atoms with van der Waals surface area (Å²) in [5.41, 5.74) is 4.92. The number of aryl methyl sites for hydroxylation is 2. The Balaban J connectivity index is 1.55. The highest BCUT2D eigenvalue weighted by Gasteiger charge is 2.42. The number of methoxy groups -OCH3 is 1. The smallest absolute Gasteiger partial charge is 0.272 e. The topological polar surface area (TPSA) is 63.6 Å². The summed E-state index contributed by atoms with van der Waals surface area (Å²) >= 11 is 6.30. The Morgan fingerprint density at radius 3 is 2.53 bits per heavy atom. The van der Waals surface area contributed by atoms with Crippen molar-refractivity contribution in [1.82, 2.24) is 9.47 Å². The number of nitrogens with zero attached hydrogens (tertiary/aromatic N) is 2. The Bertz CT molecular complexity index is 1430. The van der Waals surface area contributed by atoms with E-state index in [1.807, 2.05) is 73.1 Å². The van der Waals surface area contributed by atoms with Crippen LogP contribution >= 0.6 is 11.6 Å². The number of carbonyl (C=O) groups is 2. The molecule has 6 nitrogen and oxygen atoms in total. The summed E-state index contributed by atoms with van der Waals surface area (Å²) in [5.74, 6) is 0.235. The fourth-order valence-electron chi connectivity index (χ4n) is 4.73. The molecule has 0 aliphatic carbocycles. The summed E-state index contributed by atoms with van der Waals surface area (Å²) < 4.78 is 7.23. The van der Waals surface area contributed by atoms with Gasteiger partial charge in [-0.25, -0.2) is 0 Å². The second-order valence-electron chi connectivity index (χ2n) is 8.48. The van der Waals surface area contributed by atoms with Crippen LogP contribution in [0.2, 0.25) is 5.02 Å². The van der Waals surface area contributed by atoms with E-state index in [9.17, 15) is 9.59 Å². The molecule has 172 valence electrons. The lowest BCUT2D eigenvalue weighted by Gasteiger charge is -2.26. The predicted octanol–water partition coefficient (Wildman–Crippen LogP) is 5.33. The molecule has 1 N–H and O–H groups in total. The van der Waals surface area contributed by atoms with Crippen LogP contribution in [0, 0.1) is 6.92 Å². The maximum absolute atomic E-state index is 13.7. The van der Waals surface area contributed by atoms with Gasteiger partial charge in [0.15, 0.2) is 0 Å². The standard InChI is InChI=1S/C27H24ClN3O3/c1-16-8-13-21(20(28)14-16)29-23(32)15-31-25(17-9-11-18(34-3)12-10-17)24-19-6-4-5-7-22(19)30(2)26(24)27(31)33/h4-14,25H,15H2,1-3H3,(H,29,32)/t25-/m1/s1. The molecular formula is C27H24ClN3O3. The van der Waals surface area contributed by atoms with E-state index in [2.05, 4.69) is 5.32 Å². The van der Waals surface area contributed by atoms with Gasteiger partial charge in [0.1, 0.15) is 18.0 Å². The van der Waals surface area contributed by atoms with Gasteiger partial charge in [-0.3, -0.25) is 9.59 Å². The molecule has 3 aromatic carbocycles. The van der Waals surface area contributed by atoms with Crippen molar-refractivity contribution in [1.29, 1.82) is 0 Å². The lowest BCUT2D eigenvalue weighted by Crippen LogP contribution is -2.37. The maximum Gasteiger partial charge on any atom is 0.272 e. The van der Waals surface area contributed by atoms with Gasteiger partial charge in [0.25, 0.3) is 5.91 Å². The predicted molar refractivity (Wildman–Crippen MR) is 134 cm³/mol. The number of carbonyl (C=O) groups excluding carboxylic acids is 2. The van der Waals surface area contributed by atoms with E-state index in [0.29, 0.717) is 16.4 Å². The molecule has 2 amide bonds. The Kier molecular flexibility index (Phi) is 5.54. The van der Waals surface area contributed by atoms with Gasteiger partial charge in [-0.1, -0.05) is 48.0 Å². The molecule has 4 aromatic rings. The molecule has 1 aromatic heterocycles. The van der Waals surface area contributed by atoms with E-state index in [4.69, 9.17) is 16.3 Å². The van der Waals surface area contributed by atoms with Crippen molar-refractivity contribution in [2.45, 2.75) is 13.0 Å². The van der Waals surface area contributed by atoms with E-state index in [1.54, 1.807) is 24.1 Å². The van der Waals surface area contributed by atoms with Gasteiger partial charge in [-0.05, 0) is 48.4 Å². The van der Waals surface area contributed by atoms with Crippen LogP contribution < -0.4 is 10.1 Å². The van der Waals surface area contributed by atoms with Crippen molar-refractivity contribution in [2.75, 3.05) is 19.0 Å². The molecule has 0 saturated carbocycles. The zero-order valence-electron chi connectivity index (χ0n) is 19.1. The molecular weight excluding hydrogens is 450 g/mol. The Labute approximate surface area is 202 Å². The summed E-state index contributed by atoms with van der Waals surface area (Å²) in [4.78, 5) is 28.3. The number of rotatable bonds is 5. The largest absolute Gasteiger partial charge is 0.497 e. The van der Waals surface area contributed by atoms with Crippen LogP contribution in [0.25, 0.3) is 10.9 Å². The first-order valence-electron chi connectivity index (χ1n) is 11.0. The van der Waals surface area contributed by atoms with Gasteiger partial charge in [0.05, 0.1) is 23.9 Å². The average Bonchev–Trinajstić information content (AvgIpc) is 3.28. The van der Waals surface area contributed by atoms with E-state index >= 15 is 0 Å². The van der Waals surface area contributed by atoms with Gasteiger partial charge in [0, 0.05) is 23.5 Å². The number of ether oxygens (including phenoxy) is 1. The fourth-order valence-corrected chi connectivity index (χ4v) is 5.01. The molecule has 0 bridgehead atoms. The molecule has 1 aliphatic rings. The Hall–Kier alpha value is -3.77. The minimum atomic E-state index is -0.404. The van der Waals surface area contributed by atoms with Crippen molar-refractivity contribution >= 4 is 40.0 Å². The Morgan fingerprint density at radius 1 is 1.09 bits per heavy atom. The normalized spacial score (nSPS) is 15.0. The molecule has 1 aliphatic heterocycles. The van der Waals surface area contributed by atoms with Crippen LogP contribution in [-0.2, 0) is 11.8 Å². The van der Waals surface area contributed by atoms with Crippen molar-refractivity contribution in [3.63, 3.8) is 0 Å². The minimum Gasteiger partial charge on any atom is -0.497 e. The molecule has 0 unspecified atom stereocenters. The SMILES string of the molecule is COc1ccc([C@@H]2c3c(n(C)c4ccccc34)C(=O)N2CC(=O)Nc2ccc(C)cc2Cl)cc1. The second kappa shape index (κ2) is 8.54. The van der Waals surface area contributed by atoms with Crippen LogP contribution in [0.3, 0.4) is 0 Å². The third-order valence-corrected chi connectivity index (χ3v) is 6.65. The van der Waals surface area contributed by atoms with Crippen molar-refractivity contribution < 1.29 is 14.3 Å². The lowest BCUT2D eigenvalue weighted by molar-refractivity contribution is -0.117. The summed E-state index contributed by atoms with van der Waals surface area (Å²) in [6, 6.07) is 20.6. The summed E-state index contributed by atoms with van der Waals surface area (Å²) in [6.07, 6.45) is 0. The van der Waals surface area contributed by atoms with E-state index in [0.717, 1.165) is 33.3 Å². The van der Waals surface area contributed by atoms with Crippen LogP contribution in [0.5, 0.6) is 5.75 Å². The van der Waals surface area contributed by atoms with Crippen LogP contribution in [0.15, 0.2) is 66.7 Å². The number of amides is 2. The highest BCUT2D eigenvalue weighted by Crippen LogP contribution is 2.44. The number of benzene rings is 3.